The van der Waals surface area contributed by atoms with Crippen molar-refractivity contribution >= 4 is 0 Å². The van der Waals surface area contributed by atoms with Crippen molar-refractivity contribution in [2.45, 2.75) is 65.0 Å². The van der Waals surface area contributed by atoms with Gasteiger partial charge in [0, 0.05) is 13.1 Å². The molecule has 4 unspecified atom stereocenters. The topological polar surface area (TPSA) is 12.5 Å². The average molecular weight is 225 g/mol. The second kappa shape index (κ2) is 4.30. The minimum absolute atomic E-state index is 0.00812. The van der Waals surface area contributed by atoms with Crippen LogP contribution >= 0.6 is 0 Å². The molecule has 0 amide bonds. The van der Waals surface area contributed by atoms with Crippen LogP contribution in [0.4, 0.5) is 0 Å². The van der Waals surface area contributed by atoms with E-state index in [9.17, 15) is 0 Å². The molecule has 2 fully saturated rings. The van der Waals surface area contributed by atoms with Crippen LogP contribution in [0.2, 0.25) is 0 Å². The Kier molecular flexibility index (Phi) is 3.33. The Morgan fingerprint density at radius 3 is 2.56 bits per heavy atom. The molecule has 94 valence electrons. The molecule has 0 spiro atoms. The van der Waals surface area contributed by atoms with Crippen LogP contribution in [0.25, 0.3) is 0 Å². The molecule has 1 saturated carbocycles. The second-order valence-electron chi connectivity index (χ2n) is 6.54. The van der Waals surface area contributed by atoms with E-state index in [4.69, 9.17) is 4.84 Å². The van der Waals surface area contributed by atoms with Gasteiger partial charge in [0.2, 0.25) is 0 Å². The van der Waals surface area contributed by atoms with Crippen molar-refractivity contribution in [2.75, 3.05) is 7.05 Å². The summed E-state index contributed by atoms with van der Waals surface area (Å²) in [7, 11) is 2.14. The lowest BCUT2D eigenvalue weighted by Crippen LogP contribution is -2.45. The Morgan fingerprint density at radius 1 is 1.19 bits per heavy atom. The predicted octanol–water partition coefficient (Wildman–Crippen LogP) is 3.47. The highest BCUT2D eigenvalue weighted by Crippen LogP contribution is 2.42. The van der Waals surface area contributed by atoms with E-state index in [1.54, 1.807) is 0 Å². The van der Waals surface area contributed by atoms with Crippen LogP contribution in [0, 0.1) is 17.8 Å². The molecule has 16 heavy (non-hydrogen) atoms. The van der Waals surface area contributed by atoms with Gasteiger partial charge in [-0.2, -0.15) is 5.06 Å². The highest BCUT2D eigenvalue weighted by molar-refractivity contribution is 4.91. The molecule has 0 bridgehead atoms. The van der Waals surface area contributed by atoms with Gasteiger partial charge in [0.15, 0.2) is 0 Å². The first kappa shape index (κ1) is 12.4. The van der Waals surface area contributed by atoms with E-state index in [2.05, 4.69) is 39.8 Å². The average Bonchev–Trinajstić information content (AvgIpc) is 2.23. The van der Waals surface area contributed by atoms with Crippen molar-refractivity contribution in [2.24, 2.45) is 17.8 Å². The Hall–Kier alpha value is -0.0800. The summed E-state index contributed by atoms with van der Waals surface area (Å²) in [6.45, 7) is 9.20. The maximum Gasteiger partial charge on any atom is 0.0869 e. The van der Waals surface area contributed by atoms with E-state index < -0.39 is 0 Å². The van der Waals surface area contributed by atoms with Crippen LogP contribution < -0.4 is 0 Å². The van der Waals surface area contributed by atoms with Crippen molar-refractivity contribution in [3.63, 3.8) is 0 Å². The van der Waals surface area contributed by atoms with Gasteiger partial charge in [-0.1, -0.05) is 20.3 Å². The summed E-state index contributed by atoms with van der Waals surface area (Å²) in [5, 5.41) is 2.18. The van der Waals surface area contributed by atoms with Crippen LogP contribution in [0.3, 0.4) is 0 Å². The Labute approximate surface area is 100 Å². The molecule has 2 rings (SSSR count). The molecule has 2 aliphatic rings. The molecule has 1 aliphatic carbocycles. The molecule has 1 heterocycles. The third kappa shape index (κ3) is 2.14. The number of hydrogen-bond acceptors (Lipinski definition) is 2. The smallest absolute Gasteiger partial charge is 0.0869 e. The normalized spacial score (nSPS) is 44.8. The Morgan fingerprint density at radius 2 is 1.88 bits per heavy atom. The van der Waals surface area contributed by atoms with Crippen LogP contribution in [0.15, 0.2) is 0 Å². The standard InChI is InChI=1S/C14H27NO/c1-10-7-6-8-12-9-11(2)14(3,4)16-15(5)13(10)12/h10-13H,6-9H2,1-5H3. The molecule has 0 aromatic heterocycles. The lowest BCUT2D eigenvalue weighted by molar-refractivity contribution is -0.255. The first-order chi connectivity index (χ1) is 7.42. The van der Waals surface area contributed by atoms with E-state index in [1.165, 1.54) is 25.7 Å². The molecule has 2 heteroatoms. The van der Waals surface area contributed by atoms with Gasteiger partial charge in [-0.05, 0) is 50.9 Å². The molecular formula is C14H27NO. The summed E-state index contributed by atoms with van der Waals surface area (Å²) in [5.41, 5.74) is -0.00812. The summed E-state index contributed by atoms with van der Waals surface area (Å²) < 4.78 is 0. The maximum atomic E-state index is 6.18. The van der Waals surface area contributed by atoms with E-state index in [-0.39, 0.29) is 5.60 Å². The summed E-state index contributed by atoms with van der Waals surface area (Å²) in [4.78, 5) is 6.18. The first-order valence-electron chi connectivity index (χ1n) is 6.84. The predicted molar refractivity (Wildman–Crippen MR) is 67.0 cm³/mol. The quantitative estimate of drug-likeness (QED) is 0.626. The van der Waals surface area contributed by atoms with Crippen LogP contribution in [-0.4, -0.2) is 23.8 Å². The lowest BCUT2D eigenvalue weighted by atomic mass is 9.73. The SMILES string of the molecule is CC1CCCC2CC(C)C(C)(C)ON(C)C12. The number of nitrogens with zero attached hydrogens (tertiary/aromatic N) is 1. The van der Waals surface area contributed by atoms with Crippen molar-refractivity contribution in [3.05, 3.63) is 0 Å². The minimum Gasteiger partial charge on any atom is -0.293 e. The van der Waals surface area contributed by atoms with Gasteiger partial charge in [-0.25, -0.2) is 0 Å². The van der Waals surface area contributed by atoms with E-state index in [1.807, 2.05) is 0 Å². The molecule has 1 aliphatic heterocycles. The van der Waals surface area contributed by atoms with Crippen LogP contribution in [-0.2, 0) is 4.84 Å². The summed E-state index contributed by atoms with van der Waals surface area (Å²) in [6, 6.07) is 0.637. The van der Waals surface area contributed by atoms with Crippen molar-refractivity contribution in [3.8, 4) is 0 Å². The van der Waals surface area contributed by atoms with Gasteiger partial charge in [-0.15, -0.1) is 0 Å². The molecule has 1 saturated heterocycles. The number of hydrogen-bond donors (Lipinski definition) is 0. The van der Waals surface area contributed by atoms with Gasteiger partial charge >= 0.3 is 0 Å². The molecule has 0 aromatic rings. The van der Waals surface area contributed by atoms with Crippen molar-refractivity contribution < 1.29 is 4.84 Å². The Balaban J connectivity index is 2.21. The fourth-order valence-electron chi connectivity index (χ4n) is 3.68. The van der Waals surface area contributed by atoms with Crippen molar-refractivity contribution in [1.82, 2.24) is 5.06 Å². The molecule has 2 nitrogen and oxygen atoms in total. The lowest BCUT2D eigenvalue weighted by Gasteiger charge is -2.40. The molecule has 0 N–H and O–H groups in total. The fourth-order valence-corrected chi connectivity index (χ4v) is 3.68. The fraction of sp³-hybridized carbons (Fsp3) is 1.00. The van der Waals surface area contributed by atoms with Gasteiger partial charge in [0.05, 0.1) is 5.60 Å². The zero-order chi connectivity index (χ0) is 11.9. The number of fused-ring (bicyclic) bond motifs is 1. The highest BCUT2D eigenvalue weighted by Gasteiger charge is 2.43. The molecular weight excluding hydrogens is 198 g/mol. The van der Waals surface area contributed by atoms with E-state index in [0.717, 1.165) is 11.8 Å². The zero-order valence-corrected chi connectivity index (χ0v) is 11.5. The molecule has 0 radical (unpaired) electrons. The number of rotatable bonds is 0. The van der Waals surface area contributed by atoms with Gasteiger partial charge in [0.25, 0.3) is 0 Å². The number of hydroxylamine groups is 2. The van der Waals surface area contributed by atoms with E-state index in [0.29, 0.717) is 12.0 Å². The van der Waals surface area contributed by atoms with Crippen LogP contribution in [0.1, 0.15) is 53.4 Å². The Bertz CT molecular complexity index is 251. The van der Waals surface area contributed by atoms with E-state index >= 15 is 0 Å². The zero-order valence-electron chi connectivity index (χ0n) is 11.5. The molecule has 0 aromatic carbocycles. The second-order valence-corrected chi connectivity index (χ2v) is 6.54. The van der Waals surface area contributed by atoms with Gasteiger partial charge in [0.1, 0.15) is 0 Å². The summed E-state index contributed by atoms with van der Waals surface area (Å²) >= 11 is 0. The highest BCUT2D eigenvalue weighted by atomic mass is 16.7. The monoisotopic (exact) mass is 225 g/mol. The first-order valence-corrected chi connectivity index (χ1v) is 6.84. The maximum absolute atomic E-state index is 6.18. The van der Waals surface area contributed by atoms with Gasteiger partial charge in [-0.3, -0.25) is 4.84 Å². The van der Waals surface area contributed by atoms with Crippen LogP contribution in [0.5, 0.6) is 0 Å². The third-order valence-corrected chi connectivity index (χ3v) is 4.94. The largest absolute Gasteiger partial charge is 0.293 e. The third-order valence-electron chi connectivity index (χ3n) is 4.94. The van der Waals surface area contributed by atoms with Crippen molar-refractivity contribution in [1.29, 1.82) is 0 Å². The summed E-state index contributed by atoms with van der Waals surface area (Å²) in [6.07, 6.45) is 5.49. The molecule has 4 atom stereocenters. The summed E-state index contributed by atoms with van der Waals surface area (Å²) in [5.74, 6) is 2.27. The minimum atomic E-state index is -0.00812. The van der Waals surface area contributed by atoms with Gasteiger partial charge < -0.3 is 0 Å².